The van der Waals surface area contributed by atoms with Gasteiger partial charge >= 0.3 is 0 Å². The predicted molar refractivity (Wildman–Crippen MR) is 65.4 cm³/mol. The topological polar surface area (TPSA) is 48.1 Å². The van der Waals surface area contributed by atoms with Crippen LogP contribution in [0.5, 0.6) is 5.88 Å². The first-order chi connectivity index (χ1) is 7.69. The minimum atomic E-state index is 0.538. The minimum Gasteiger partial charge on any atom is -0.481 e. The summed E-state index contributed by atoms with van der Waals surface area (Å²) in [6.45, 7) is 2.05. The van der Waals surface area contributed by atoms with Gasteiger partial charge in [-0.25, -0.2) is 4.98 Å². The van der Waals surface area contributed by atoms with E-state index in [4.69, 9.17) is 10.5 Å². The van der Waals surface area contributed by atoms with Gasteiger partial charge in [0.15, 0.2) is 0 Å². The summed E-state index contributed by atoms with van der Waals surface area (Å²) in [6.07, 6.45) is 0. The molecule has 1 heterocycles. The summed E-state index contributed by atoms with van der Waals surface area (Å²) in [5.41, 5.74) is 9.52. The Balaban J connectivity index is 2.51. The highest BCUT2D eigenvalue weighted by Crippen LogP contribution is 2.23. The first-order valence-electron chi connectivity index (χ1n) is 5.07. The molecule has 0 radical (unpaired) electrons. The van der Waals surface area contributed by atoms with Gasteiger partial charge in [-0.2, -0.15) is 0 Å². The molecule has 2 aromatic rings. The largest absolute Gasteiger partial charge is 0.481 e. The van der Waals surface area contributed by atoms with E-state index in [9.17, 15) is 0 Å². The molecule has 0 fully saturated rings. The van der Waals surface area contributed by atoms with Crippen LogP contribution in [0, 0.1) is 6.92 Å². The Morgan fingerprint density at radius 1 is 1.19 bits per heavy atom. The van der Waals surface area contributed by atoms with Crippen molar-refractivity contribution in [2.45, 2.75) is 6.92 Å². The number of hydrogen-bond acceptors (Lipinski definition) is 3. The van der Waals surface area contributed by atoms with Crippen molar-refractivity contribution < 1.29 is 4.74 Å². The summed E-state index contributed by atoms with van der Waals surface area (Å²) in [5, 5.41) is 0. The van der Waals surface area contributed by atoms with E-state index < -0.39 is 0 Å². The Kier molecular flexibility index (Phi) is 2.77. The van der Waals surface area contributed by atoms with Gasteiger partial charge in [-0.1, -0.05) is 23.8 Å². The number of hydrogen-bond donors (Lipinski definition) is 1. The van der Waals surface area contributed by atoms with Gasteiger partial charge in [0.1, 0.15) is 0 Å². The molecule has 0 saturated carbocycles. The molecule has 16 heavy (non-hydrogen) atoms. The summed E-state index contributed by atoms with van der Waals surface area (Å²) in [7, 11) is 1.59. The fourth-order valence-corrected chi connectivity index (χ4v) is 1.58. The van der Waals surface area contributed by atoms with Crippen LogP contribution >= 0.6 is 0 Å². The van der Waals surface area contributed by atoms with Gasteiger partial charge in [-0.15, -0.1) is 0 Å². The molecule has 0 aliphatic heterocycles. The molecule has 0 aliphatic carbocycles. The molecule has 3 heteroatoms. The maximum Gasteiger partial charge on any atom is 0.215 e. The molecule has 0 atom stereocenters. The molecule has 0 amide bonds. The Morgan fingerprint density at radius 3 is 2.69 bits per heavy atom. The predicted octanol–water partition coefficient (Wildman–Crippen LogP) is 2.65. The van der Waals surface area contributed by atoms with Crippen LogP contribution < -0.4 is 10.5 Å². The average Bonchev–Trinajstić information content (AvgIpc) is 2.28. The van der Waals surface area contributed by atoms with Crippen molar-refractivity contribution in [3.63, 3.8) is 0 Å². The SMILES string of the molecule is COc1cc(N)cc(-c2cccc(C)c2)n1. The van der Waals surface area contributed by atoms with Crippen molar-refractivity contribution in [3.8, 4) is 17.1 Å². The standard InChI is InChI=1S/C13H14N2O/c1-9-4-3-5-10(6-9)12-7-11(14)8-13(15-12)16-2/h3-8H,1-2H3,(H2,14,15). The number of anilines is 1. The summed E-state index contributed by atoms with van der Waals surface area (Å²) in [5.74, 6) is 0.538. The molecule has 82 valence electrons. The molecule has 1 aromatic heterocycles. The Hall–Kier alpha value is -2.03. The van der Waals surface area contributed by atoms with Crippen LogP contribution in [0.4, 0.5) is 5.69 Å². The zero-order valence-corrected chi connectivity index (χ0v) is 9.40. The molecule has 0 unspecified atom stereocenters. The van der Waals surface area contributed by atoms with Gasteiger partial charge in [0.25, 0.3) is 0 Å². The lowest BCUT2D eigenvalue weighted by atomic mass is 10.1. The lowest BCUT2D eigenvalue weighted by molar-refractivity contribution is 0.399. The Bertz CT molecular complexity index is 509. The van der Waals surface area contributed by atoms with Gasteiger partial charge in [0, 0.05) is 17.3 Å². The summed E-state index contributed by atoms with van der Waals surface area (Å²) >= 11 is 0. The van der Waals surface area contributed by atoms with Crippen molar-refractivity contribution in [2.24, 2.45) is 0 Å². The van der Waals surface area contributed by atoms with E-state index in [0.29, 0.717) is 11.6 Å². The molecular weight excluding hydrogens is 200 g/mol. The fourth-order valence-electron chi connectivity index (χ4n) is 1.58. The van der Waals surface area contributed by atoms with Gasteiger partial charge in [-0.05, 0) is 19.1 Å². The van der Waals surface area contributed by atoms with Crippen LogP contribution in [0.25, 0.3) is 11.3 Å². The number of nitrogen functional groups attached to an aromatic ring is 1. The van der Waals surface area contributed by atoms with E-state index in [1.165, 1.54) is 5.56 Å². The summed E-state index contributed by atoms with van der Waals surface area (Å²) in [6, 6.07) is 11.7. The van der Waals surface area contributed by atoms with E-state index in [-0.39, 0.29) is 0 Å². The smallest absolute Gasteiger partial charge is 0.215 e. The van der Waals surface area contributed by atoms with Crippen LogP contribution in [0.15, 0.2) is 36.4 Å². The van der Waals surface area contributed by atoms with Crippen LogP contribution in [-0.4, -0.2) is 12.1 Å². The van der Waals surface area contributed by atoms with Crippen LogP contribution in [-0.2, 0) is 0 Å². The van der Waals surface area contributed by atoms with Crippen molar-refractivity contribution in [2.75, 3.05) is 12.8 Å². The maximum absolute atomic E-state index is 5.79. The van der Waals surface area contributed by atoms with E-state index >= 15 is 0 Å². The van der Waals surface area contributed by atoms with Gasteiger partial charge in [0.2, 0.25) is 5.88 Å². The molecule has 2 N–H and O–H groups in total. The number of methoxy groups -OCH3 is 1. The number of aryl methyl sites for hydroxylation is 1. The minimum absolute atomic E-state index is 0.538. The van der Waals surface area contributed by atoms with E-state index in [2.05, 4.69) is 11.1 Å². The number of nitrogens with zero attached hydrogens (tertiary/aromatic N) is 1. The van der Waals surface area contributed by atoms with Gasteiger partial charge in [0.05, 0.1) is 12.8 Å². The monoisotopic (exact) mass is 214 g/mol. The number of benzene rings is 1. The lowest BCUT2D eigenvalue weighted by Crippen LogP contribution is -1.94. The molecule has 0 spiro atoms. The Morgan fingerprint density at radius 2 is 2.00 bits per heavy atom. The van der Waals surface area contributed by atoms with Crippen molar-refractivity contribution in [1.82, 2.24) is 4.98 Å². The molecule has 0 saturated heterocycles. The van der Waals surface area contributed by atoms with E-state index in [1.807, 2.05) is 31.2 Å². The average molecular weight is 214 g/mol. The highest BCUT2D eigenvalue weighted by Gasteiger charge is 2.03. The zero-order valence-electron chi connectivity index (χ0n) is 9.40. The molecule has 0 bridgehead atoms. The van der Waals surface area contributed by atoms with Gasteiger partial charge < -0.3 is 10.5 Å². The molecule has 0 aliphatic rings. The highest BCUT2D eigenvalue weighted by atomic mass is 16.5. The van der Waals surface area contributed by atoms with Crippen molar-refractivity contribution in [1.29, 1.82) is 0 Å². The van der Waals surface area contributed by atoms with E-state index in [0.717, 1.165) is 11.3 Å². The second-order valence-electron chi connectivity index (χ2n) is 3.70. The maximum atomic E-state index is 5.79. The van der Waals surface area contributed by atoms with Gasteiger partial charge in [-0.3, -0.25) is 0 Å². The summed E-state index contributed by atoms with van der Waals surface area (Å²) < 4.78 is 5.10. The number of ether oxygens (including phenoxy) is 1. The Labute approximate surface area is 94.9 Å². The van der Waals surface area contributed by atoms with Crippen LogP contribution in [0.3, 0.4) is 0 Å². The first-order valence-corrected chi connectivity index (χ1v) is 5.07. The third kappa shape index (κ3) is 2.14. The van der Waals surface area contributed by atoms with Crippen LogP contribution in [0.1, 0.15) is 5.56 Å². The number of nitrogens with two attached hydrogens (primary N) is 1. The third-order valence-corrected chi connectivity index (χ3v) is 2.35. The lowest BCUT2D eigenvalue weighted by Gasteiger charge is -2.06. The zero-order chi connectivity index (χ0) is 11.5. The second kappa shape index (κ2) is 4.23. The summed E-state index contributed by atoms with van der Waals surface area (Å²) in [4.78, 5) is 4.36. The molecular formula is C13H14N2O. The third-order valence-electron chi connectivity index (χ3n) is 2.35. The second-order valence-corrected chi connectivity index (χ2v) is 3.70. The highest BCUT2D eigenvalue weighted by molar-refractivity contribution is 5.65. The fraction of sp³-hybridized carbons (Fsp3) is 0.154. The quantitative estimate of drug-likeness (QED) is 0.836. The number of rotatable bonds is 2. The van der Waals surface area contributed by atoms with E-state index in [1.54, 1.807) is 13.2 Å². The van der Waals surface area contributed by atoms with Crippen LogP contribution in [0.2, 0.25) is 0 Å². The normalized spacial score (nSPS) is 10.1. The number of aromatic nitrogens is 1. The van der Waals surface area contributed by atoms with Crippen molar-refractivity contribution in [3.05, 3.63) is 42.0 Å². The number of pyridine rings is 1. The molecule has 1 aromatic carbocycles. The molecule has 2 rings (SSSR count). The first kappa shape index (κ1) is 10.5. The molecule has 3 nitrogen and oxygen atoms in total. The van der Waals surface area contributed by atoms with Crippen molar-refractivity contribution >= 4 is 5.69 Å².